The maximum atomic E-state index is 14.1. The second kappa shape index (κ2) is 41.5. The summed E-state index contributed by atoms with van der Waals surface area (Å²) in [6.45, 7) is 30.7. The molecule has 3 aliphatic rings. The Balaban J connectivity index is 0.000000216. The molecule has 4 heterocycles. The first-order valence-corrected chi connectivity index (χ1v) is 38.0. The lowest BCUT2D eigenvalue weighted by molar-refractivity contribution is 0.0110. The van der Waals surface area contributed by atoms with Crippen LogP contribution in [0.3, 0.4) is 0 Å². The molecule has 2 fully saturated rings. The van der Waals surface area contributed by atoms with Crippen molar-refractivity contribution in [2.45, 2.75) is 131 Å². The predicted molar refractivity (Wildman–Crippen MR) is 414 cm³/mol. The molecule has 4 N–H and O–H groups in total. The van der Waals surface area contributed by atoms with Gasteiger partial charge in [-0.05, 0) is 139 Å². The Bertz CT molecular complexity index is 3950. The topological polar surface area (TPSA) is 221 Å². The van der Waals surface area contributed by atoms with E-state index in [0.29, 0.717) is 66.9 Å². The van der Waals surface area contributed by atoms with Crippen LogP contribution >= 0.6 is 0 Å². The number of carbonyl (C=O) groups is 3. The number of likely N-dealkylation sites (N-methyl/N-ethyl adjacent to an activating group) is 1. The van der Waals surface area contributed by atoms with E-state index in [2.05, 4.69) is 154 Å². The van der Waals surface area contributed by atoms with Crippen LogP contribution in [0.25, 0.3) is 0 Å². The standard InChI is InChI=1S/C37H43N5O5.C17H26N2O2.C12H20N2.C9H12O3S.C8H10O/c1-25(27-10-6-5-7-11-27)40-18-20-41(21-19-40)33-13-8-12-29-31(33)24-42(37(29)44)32(28-15-16-34(45-3)35(22-28)46-4)14-9-17-38-36(43)30-23-39-47-26(30)2;1-14(15-8-6-5-7-9-15)18-10-12-19(13-11-18)16(20)21-17(2,3)4;1-3-13-9-10-14-11(2)12-7-5-4-6-8-12;1-8(12-13(2,10)11)9-6-4-3-5-7-9;1-7(9)8-5-3-2-4-6-8/h5-8,10-13,15-16,22-23,25,32H,9,14,17-21,24H2,1-4H3,(H,38,43);5-9,14H,10-13H2,1-4H3;4-8,11,13-14H,3,9-10H2,1-2H3;3-8H,1-2H3;2-7,9H,1H3/t25-,32-;14-;11-;8-;7-/m11100/s1. The molecule has 0 saturated carbocycles. The first kappa shape index (κ1) is 82.4. The SMILES string of the molecule is CCNCCN[C@H](C)c1ccccc1.COc1ccc([C@@H](CCCNC(=O)c2cnoc2C)N2Cc3c(cccc3N3CCN([C@H](C)c4ccccc4)CC3)C2=O)cc1OC.C[C@H](O)c1ccccc1.C[C@H](OS(C)(=O)=O)c1ccccc1.C[C@H](c1ccccc1)N1CCN(C(=O)OC(C)(C)C)CC1. The fourth-order valence-electron chi connectivity index (χ4n) is 12.6. The number of fused-ring (bicyclic) bond motifs is 1. The van der Waals surface area contributed by atoms with Crippen LogP contribution in [0.5, 0.6) is 11.5 Å². The number of methoxy groups -OCH3 is 2. The number of nitrogens with zero attached hydrogens (tertiary/aromatic N) is 6. The Morgan fingerprint density at radius 1 is 0.625 bits per heavy atom. The van der Waals surface area contributed by atoms with Crippen molar-refractivity contribution >= 4 is 33.7 Å². The third-order valence-electron chi connectivity index (χ3n) is 18.5. The lowest BCUT2D eigenvalue weighted by atomic mass is 9.99. The highest BCUT2D eigenvalue weighted by Gasteiger charge is 2.37. The average Bonchev–Trinajstić information content (AvgIpc) is 1.61. The molecule has 8 aromatic rings. The Kier molecular flexibility index (Phi) is 32.9. The van der Waals surface area contributed by atoms with E-state index in [4.69, 9.17) is 28.0 Å². The molecule has 1 aromatic heterocycles. The summed E-state index contributed by atoms with van der Waals surface area (Å²) in [5.74, 6) is 1.51. The van der Waals surface area contributed by atoms with Gasteiger partial charge in [0.15, 0.2) is 11.5 Å². The zero-order valence-electron chi connectivity index (χ0n) is 63.2. The molecule has 560 valence electrons. The van der Waals surface area contributed by atoms with Crippen molar-refractivity contribution < 1.29 is 50.8 Å². The minimum atomic E-state index is -3.37. The molecule has 11 rings (SSSR count). The van der Waals surface area contributed by atoms with E-state index in [-0.39, 0.29) is 30.1 Å². The highest BCUT2D eigenvalue weighted by atomic mass is 32.2. The summed E-state index contributed by atoms with van der Waals surface area (Å²) in [6.07, 6.45) is 2.81. The van der Waals surface area contributed by atoms with Gasteiger partial charge >= 0.3 is 6.09 Å². The van der Waals surface area contributed by atoms with Gasteiger partial charge in [0.2, 0.25) is 0 Å². The van der Waals surface area contributed by atoms with Crippen LogP contribution in [0.4, 0.5) is 10.5 Å². The fraction of sp³-hybridized carbons (Fsp3) is 0.422. The smallest absolute Gasteiger partial charge is 0.410 e. The second-order valence-corrected chi connectivity index (χ2v) is 28.7. The minimum Gasteiger partial charge on any atom is -0.493 e. The van der Waals surface area contributed by atoms with Gasteiger partial charge < -0.3 is 54.5 Å². The number of carbonyl (C=O) groups excluding carboxylic acids is 3. The third-order valence-corrected chi connectivity index (χ3v) is 19.2. The van der Waals surface area contributed by atoms with E-state index < -0.39 is 21.8 Å². The number of hydrogen-bond acceptors (Lipinski definition) is 17. The van der Waals surface area contributed by atoms with Gasteiger partial charge in [-0.3, -0.25) is 23.6 Å². The third kappa shape index (κ3) is 25.7. The summed E-state index contributed by atoms with van der Waals surface area (Å²) in [7, 11) is -0.148. The van der Waals surface area contributed by atoms with Crippen molar-refractivity contribution in [2.24, 2.45) is 0 Å². The molecular weight excluding hydrogens is 1330 g/mol. The zero-order valence-corrected chi connectivity index (χ0v) is 64.0. The lowest BCUT2D eigenvalue weighted by Gasteiger charge is -2.40. The van der Waals surface area contributed by atoms with Gasteiger partial charge in [0.25, 0.3) is 21.9 Å². The number of aliphatic hydroxyl groups excluding tert-OH is 1. The van der Waals surface area contributed by atoms with Gasteiger partial charge in [-0.1, -0.05) is 176 Å². The fourth-order valence-corrected chi connectivity index (χ4v) is 13.2. The number of nitrogens with one attached hydrogen (secondary N) is 3. The van der Waals surface area contributed by atoms with Crippen LogP contribution in [0, 0.1) is 6.92 Å². The van der Waals surface area contributed by atoms with E-state index >= 15 is 0 Å². The van der Waals surface area contributed by atoms with Gasteiger partial charge in [0.05, 0.1) is 44.9 Å². The molecule has 0 bridgehead atoms. The quantitative estimate of drug-likeness (QED) is 0.0326. The monoisotopic (exact) mass is 1440 g/mol. The predicted octanol–water partition coefficient (Wildman–Crippen LogP) is 14.5. The average molecular weight is 1440 g/mol. The lowest BCUT2D eigenvalue weighted by Crippen LogP contribution is -2.50. The van der Waals surface area contributed by atoms with E-state index in [9.17, 15) is 22.8 Å². The number of aromatic nitrogens is 1. The number of piperazine rings is 2. The molecule has 20 nitrogen and oxygen atoms in total. The van der Waals surface area contributed by atoms with Crippen LogP contribution in [-0.2, 0) is 25.6 Å². The van der Waals surface area contributed by atoms with Crippen molar-refractivity contribution in [3.63, 3.8) is 0 Å². The second-order valence-electron chi connectivity index (χ2n) is 27.1. The summed E-state index contributed by atoms with van der Waals surface area (Å²) >= 11 is 0. The van der Waals surface area contributed by atoms with Crippen molar-refractivity contribution in [3.8, 4) is 11.5 Å². The number of hydrogen-bond donors (Lipinski definition) is 4. The molecule has 0 spiro atoms. The highest BCUT2D eigenvalue weighted by molar-refractivity contribution is 7.86. The number of anilines is 1. The normalized spacial score (nSPS) is 15.6. The van der Waals surface area contributed by atoms with Crippen molar-refractivity contribution in [3.05, 3.63) is 250 Å². The summed E-state index contributed by atoms with van der Waals surface area (Å²) in [6, 6.07) is 63.4. The molecule has 0 radical (unpaired) electrons. The van der Waals surface area contributed by atoms with E-state index in [1.54, 1.807) is 39.9 Å². The van der Waals surface area contributed by atoms with Crippen LogP contribution in [0.15, 0.2) is 199 Å². The largest absolute Gasteiger partial charge is 0.493 e. The molecule has 3 aliphatic heterocycles. The van der Waals surface area contributed by atoms with E-state index in [1.807, 2.05) is 123 Å². The molecule has 3 amide bonds. The molecule has 6 atom stereocenters. The van der Waals surface area contributed by atoms with Gasteiger partial charge in [-0.2, -0.15) is 8.42 Å². The zero-order chi connectivity index (χ0) is 75.2. The molecular formula is C83H111N9O11S. The molecule has 0 unspecified atom stereocenters. The number of ether oxygens (including phenoxy) is 3. The van der Waals surface area contributed by atoms with Crippen LogP contribution in [0.2, 0.25) is 0 Å². The highest BCUT2D eigenvalue weighted by Crippen LogP contribution is 2.41. The van der Waals surface area contributed by atoms with Gasteiger partial charge in [0.1, 0.15) is 16.9 Å². The molecule has 7 aromatic carbocycles. The molecule has 104 heavy (non-hydrogen) atoms. The van der Waals surface area contributed by atoms with Crippen LogP contribution in [-0.4, -0.2) is 161 Å². The van der Waals surface area contributed by atoms with Crippen LogP contribution in [0.1, 0.15) is 177 Å². The van der Waals surface area contributed by atoms with Crippen LogP contribution < -0.4 is 30.3 Å². The van der Waals surface area contributed by atoms with Gasteiger partial charge in [-0.15, -0.1) is 0 Å². The number of amides is 3. The Morgan fingerprint density at radius 3 is 1.62 bits per heavy atom. The first-order chi connectivity index (χ1) is 49.9. The van der Waals surface area contributed by atoms with E-state index in [0.717, 1.165) is 112 Å². The molecule has 21 heteroatoms. The number of benzene rings is 7. The summed E-state index contributed by atoms with van der Waals surface area (Å²) in [4.78, 5) is 50.0. The molecule has 2 saturated heterocycles. The first-order valence-electron chi connectivity index (χ1n) is 36.2. The van der Waals surface area contributed by atoms with E-state index in [1.165, 1.54) is 22.9 Å². The maximum Gasteiger partial charge on any atom is 0.410 e. The van der Waals surface area contributed by atoms with Crippen molar-refractivity contribution in [1.29, 1.82) is 0 Å². The van der Waals surface area contributed by atoms with Crippen molar-refractivity contribution in [1.82, 2.24) is 40.7 Å². The van der Waals surface area contributed by atoms with Crippen molar-refractivity contribution in [2.75, 3.05) is 104 Å². The van der Waals surface area contributed by atoms with Gasteiger partial charge in [0, 0.05) is 113 Å². The summed E-state index contributed by atoms with van der Waals surface area (Å²) in [5, 5.41) is 22.5. The Labute approximate surface area is 618 Å². The number of aryl methyl sites for hydroxylation is 1. The maximum absolute atomic E-state index is 14.1. The summed E-state index contributed by atoms with van der Waals surface area (Å²) in [5.41, 5.74) is 9.74. The minimum absolute atomic E-state index is 0.0158. The number of aliphatic hydroxyl groups is 1. The molecule has 0 aliphatic carbocycles. The van der Waals surface area contributed by atoms with Gasteiger partial charge in [-0.25, -0.2) is 4.79 Å². The Hall–Kier alpha value is -8.93. The Morgan fingerprint density at radius 2 is 1.14 bits per heavy atom. The number of rotatable bonds is 24. The summed E-state index contributed by atoms with van der Waals surface area (Å²) < 4.78 is 48.0.